The van der Waals surface area contributed by atoms with Gasteiger partial charge < -0.3 is 5.11 Å². The predicted octanol–water partition coefficient (Wildman–Crippen LogP) is 2.98. The van der Waals surface area contributed by atoms with Crippen molar-refractivity contribution < 1.29 is 5.11 Å². The average molecular weight is 194 g/mol. The van der Waals surface area contributed by atoms with Crippen LogP contribution >= 0.6 is 0 Å². The van der Waals surface area contributed by atoms with E-state index in [1.54, 1.807) is 0 Å². The lowest BCUT2D eigenvalue weighted by Crippen LogP contribution is -2.56. The number of hydrogen-bond donors (Lipinski definition) is 1. The molecule has 1 N–H and O–H groups in total. The molecule has 0 spiro atoms. The molecule has 4 aliphatic carbocycles. The first-order valence-electron chi connectivity index (χ1n) is 6.08. The summed E-state index contributed by atoms with van der Waals surface area (Å²) in [6.07, 6.45) is 8.19. The fraction of sp³-hybridized carbons (Fsp3) is 1.00. The summed E-state index contributed by atoms with van der Waals surface area (Å²) >= 11 is 0. The van der Waals surface area contributed by atoms with E-state index in [2.05, 4.69) is 13.8 Å². The van der Waals surface area contributed by atoms with Crippen LogP contribution in [-0.4, -0.2) is 11.7 Å². The molecule has 0 aliphatic heterocycles. The van der Waals surface area contributed by atoms with Gasteiger partial charge in [0, 0.05) is 6.61 Å². The number of aliphatic hydroxyl groups excluding tert-OH is 1. The van der Waals surface area contributed by atoms with Gasteiger partial charge in [0.2, 0.25) is 0 Å². The van der Waals surface area contributed by atoms with Crippen molar-refractivity contribution in [1.82, 2.24) is 0 Å². The third-order valence-corrected chi connectivity index (χ3v) is 5.08. The normalized spacial score (nSPS) is 60.6. The first-order chi connectivity index (χ1) is 6.47. The minimum atomic E-state index is 0.322. The minimum Gasteiger partial charge on any atom is -0.396 e. The quantitative estimate of drug-likeness (QED) is 0.680. The van der Waals surface area contributed by atoms with Gasteiger partial charge in [0.1, 0.15) is 0 Å². The topological polar surface area (TPSA) is 20.2 Å². The fourth-order valence-electron chi connectivity index (χ4n) is 5.86. The molecular formula is C13H22O. The standard InChI is InChI=1S/C13H22O/c1-11-3-10-4-12(2,6-11)8-13(5-10,7-11)9-14/h10,14H,3-9H2,1-2H3/t10?,11-,12+,13?. The van der Waals surface area contributed by atoms with E-state index in [1.165, 1.54) is 38.5 Å². The maximum atomic E-state index is 9.66. The highest BCUT2D eigenvalue weighted by molar-refractivity contribution is 5.10. The molecule has 1 heteroatoms. The van der Waals surface area contributed by atoms with Gasteiger partial charge in [0.15, 0.2) is 0 Å². The zero-order valence-corrected chi connectivity index (χ0v) is 9.47. The lowest BCUT2D eigenvalue weighted by Gasteiger charge is -2.65. The lowest BCUT2D eigenvalue weighted by atomic mass is 9.40. The van der Waals surface area contributed by atoms with Crippen molar-refractivity contribution in [2.24, 2.45) is 22.2 Å². The molecule has 80 valence electrons. The maximum Gasteiger partial charge on any atom is 0.0487 e. The second kappa shape index (κ2) is 2.37. The van der Waals surface area contributed by atoms with E-state index in [0.717, 1.165) is 5.92 Å². The maximum absolute atomic E-state index is 9.66. The molecule has 2 unspecified atom stereocenters. The Kier molecular flexibility index (Phi) is 1.56. The first-order valence-corrected chi connectivity index (χ1v) is 6.08. The molecule has 4 atom stereocenters. The van der Waals surface area contributed by atoms with E-state index in [9.17, 15) is 5.11 Å². The van der Waals surface area contributed by atoms with Gasteiger partial charge in [0.25, 0.3) is 0 Å². The predicted molar refractivity (Wildman–Crippen MR) is 56.9 cm³/mol. The minimum absolute atomic E-state index is 0.322. The molecule has 0 saturated heterocycles. The smallest absolute Gasteiger partial charge is 0.0487 e. The molecule has 4 aliphatic rings. The van der Waals surface area contributed by atoms with Crippen LogP contribution in [0.1, 0.15) is 52.4 Å². The largest absolute Gasteiger partial charge is 0.396 e. The first kappa shape index (κ1) is 9.21. The highest BCUT2D eigenvalue weighted by Gasteiger charge is 2.59. The molecule has 4 saturated carbocycles. The molecular weight excluding hydrogens is 172 g/mol. The second-order valence-corrected chi connectivity index (χ2v) is 7.29. The van der Waals surface area contributed by atoms with Crippen LogP contribution in [0.3, 0.4) is 0 Å². The van der Waals surface area contributed by atoms with Crippen molar-refractivity contribution in [2.75, 3.05) is 6.61 Å². The van der Waals surface area contributed by atoms with Crippen LogP contribution < -0.4 is 0 Å². The molecule has 0 aromatic rings. The monoisotopic (exact) mass is 194 g/mol. The Labute approximate surface area is 86.9 Å². The highest BCUT2D eigenvalue weighted by atomic mass is 16.3. The van der Waals surface area contributed by atoms with Crippen molar-refractivity contribution in [2.45, 2.75) is 52.4 Å². The van der Waals surface area contributed by atoms with Gasteiger partial charge in [-0.05, 0) is 60.7 Å². The van der Waals surface area contributed by atoms with Crippen LogP contribution in [-0.2, 0) is 0 Å². The lowest BCUT2D eigenvalue weighted by molar-refractivity contribution is -0.159. The molecule has 0 aromatic carbocycles. The summed E-state index contributed by atoms with van der Waals surface area (Å²) in [5.41, 5.74) is 1.46. The van der Waals surface area contributed by atoms with Gasteiger partial charge in [-0.15, -0.1) is 0 Å². The van der Waals surface area contributed by atoms with E-state index >= 15 is 0 Å². The molecule has 1 nitrogen and oxygen atoms in total. The number of hydrogen-bond acceptors (Lipinski definition) is 1. The summed E-state index contributed by atoms with van der Waals surface area (Å²) in [4.78, 5) is 0. The Bertz CT molecular complexity index is 252. The Balaban J connectivity index is 2.01. The zero-order valence-electron chi connectivity index (χ0n) is 9.47. The summed E-state index contributed by atoms with van der Waals surface area (Å²) in [6, 6.07) is 0. The molecule has 4 bridgehead atoms. The third-order valence-electron chi connectivity index (χ3n) is 5.08. The SMILES string of the molecule is C[C@]12CC3CC(CO)(C1)C[C@@](C)(C3)C2. The van der Waals surface area contributed by atoms with Gasteiger partial charge in [-0.2, -0.15) is 0 Å². The van der Waals surface area contributed by atoms with Gasteiger partial charge in [0.05, 0.1) is 0 Å². The Morgan fingerprint density at radius 3 is 2.00 bits per heavy atom. The molecule has 0 heterocycles. The van der Waals surface area contributed by atoms with E-state index in [0.29, 0.717) is 22.9 Å². The van der Waals surface area contributed by atoms with Crippen LogP contribution in [0.4, 0.5) is 0 Å². The van der Waals surface area contributed by atoms with Gasteiger partial charge in [-0.1, -0.05) is 13.8 Å². The molecule has 4 rings (SSSR count). The Morgan fingerprint density at radius 1 is 1.00 bits per heavy atom. The van der Waals surface area contributed by atoms with Crippen molar-refractivity contribution in [3.8, 4) is 0 Å². The Morgan fingerprint density at radius 2 is 1.57 bits per heavy atom. The van der Waals surface area contributed by atoms with Crippen LogP contribution in [0.2, 0.25) is 0 Å². The molecule has 0 amide bonds. The molecule has 0 aromatic heterocycles. The third kappa shape index (κ3) is 1.11. The Hall–Kier alpha value is -0.0400. The van der Waals surface area contributed by atoms with Gasteiger partial charge in [-0.25, -0.2) is 0 Å². The fourth-order valence-corrected chi connectivity index (χ4v) is 5.86. The summed E-state index contributed by atoms with van der Waals surface area (Å²) in [6.45, 7) is 5.36. The highest BCUT2D eigenvalue weighted by Crippen LogP contribution is 2.69. The number of rotatable bonds is 1. The van der Waals surface area contributed by atoms with Crippen LogP contribution in [0, 0.1) is 22.2 Å². The average Bonchev–Trinajstić information content (AvgIpc) is 1.97. The van der Waals surface area contributed by atoms with E-state index in [-0.39, 0.29) is 0 Å². The van der Waals surface area contributed by atoms with Crippen LogP contribution in [0.15, 0.2) is 0 Å². The van der Waals surface area contributed by atoms with E-state index in [1.807, 2.05) is 0 Å². The molecule has 4 fully saturated rings. The summed E-state index contributed by atoms with van der Waals surface area (Å²) < 4.78 is 0. The van der Waals surface area contributed by atoms with Crippen molar-refractivity contribution in [1.29, 1.82) is 0 Å². The van der Waals surface area contributed by atoms with Crippen molar-refractivity contribution >= 4 is 0 Å². The summed E-state index contributed by atoms with van der Waals surface area (Å²) in [5, 5.41) is 9.66. The second-order valence-electron chi connectivity index (χ2n) is 7.29. The zero-order chi connectivity index (χ0) is 10.0. The van der Waals surface area contributed by atoms with E-state index in [4.69, 9.17) is 0 Å². The number of aliphatic hydroxyl groups is 1. The molecule has 0 radical (unpaired) electrons. The van der Waals surface area contributed by atoms with Crippen molar-refractivity contribution in [3.05, 3.63) is 0 Å². The van der Waals surface area contributed by atoms with Crippen molar-refractivity contribution in [3.63, 3.8) is 0 Å². The summed E-state index contributed by atoms with van der Waals surface area (Å²) in [5.74, 6) is 0.924. The van der Waals surface area contributed by atoms with Crippen LogP contribution in [0.25, 0.3) is 0 Å². The summed E-state index contributed by atoms with van der Waals surface area (Å²) in [7, 11) is 0. The molecule has 14 heavy (non-hydrogen) atoms. The van der Waals surface area contributed by atoms with E-state index < -0.39 is 0 Å². The van der Waals surface area contributed by atoms with Gasteiger partial charge in [-0.3, -0.25) is 0 Å². The van der Waals surface area contributed by atoms with Crippen LogP contribution in [0.5, 0.6) is 0 Å². The van der Waals surface area contributed by atoms with Gasteiger partial charge >= 0.3 is 0 Å².